The van der Waals surface area contributed by atoms with Crippen LogP contribution in [0.5, 0.6) is 0 Å². The average Bonchev–Trinajstić information content (AvgIpc) is 2.96. The standard InChI is InChI=1S/C12H14N2O.3C2H6/c1-8(15)11(13)6-9-7-14-12-5-3-2-4-10(9)12;3*1-2/h2-5,7,11,14H,6,13H2,1H3;3*1-2H3. The van der Waals surface area contributed by atoms with Crippen molar-refractivity contribution in [3.05, 3.63) is 36.0 Å². The van der Waals surface area contributed by atoms with E-state index in [-0.39, 0.29) is 5.78 Å². The summed E-state index contributed by atoms with van der Waals surface area (Å²) in [7, 11) is 0. The molecule has 0 saturated heterocycles. The molecule has 0 fully saturated rings. The van der Waals surface area contributed by atoms with Crippen molar-refractivity contribution < 1.29 is 4.79 Å². The van der Waals surface area contributed by atoms with Crippen LogP contribution in [0.15, 0.2) is 30.5 Å². The van der Waals surface area contributed by atoms with Gasteiger partial charge in [0.2, 0.25) is 0 Å². The van der Waals surface area contributed by atoms with Gasteiger partial charge < -0.3 is 10.7 Å². The molecule has 3 heteroatoms. The summed E-state index contributed by atoms with van der Waals surface area (Å²) < 4.78 is 0. The van der Waals surface area contributed by atoms with Gasteiger partial charge in [0.05, 0.1) is 6.04 Å². The van der Waals surface area contributed by atoms with E-state index in [4.69, 9.17) is 5.73 Å². The Labute approximate surface area is 129 Å². The largest absolute Gasteiger partial charge is 0.361 e. The second-order valence-corrected chi connectivity index (χ2v) is 3.78. The maximum absolute atomic E-state index is 11.1. The highest BCUT2D eigenvalue weighted by Gasteiger charge is 2.11. The van der Waals surface area contributed by atoms with Gasteiger partial charge in [0, 0.05) is 17.1 Å². The van der Waals surface area contributed by atoms with E-state index in [0.29, 0.717) is 6.42 Å². The lowest BCUT2D eigenvalue weighted by molar-refractivity contribution is -0.118. The Bertz CT molecular complexity index is 489. The number of hydrogen-bond acceptors (Lipinski definition) is 2. The van der Waals surface area contributed by atoms with E-state index in [9.17, 15) is 4.79 Å². The number of nitrogens with one attached hydrogen (secondary N) is 1. The summed E-state index contributed by atoms with van der Waals surface area (Å²) in [5, 5.41) is 1.15. The molecule has 3 nitrogen and oxygen atoms in total. The van der Waals surface area contributed by atoms with Crippen molar-refractivity contribution in [2.45, 2.75) is 60.9 Å². The molecule has 21 heavy (non-hydrogen) atoms. The van der Waals surface area contributed by atoms with E-state index in [0.717, 1.165) is 16.5 Å². The van der Waals surface area contributed by atoms with E-state index in [2.05, 4.69) is 4.98 Å². The third kappa shape index (κ3) is 7.09. The lowest BCUT2D eigenvalue weighted by Gasteiger charge is -2.05. The van der Waals surface area contributed by atoms with Crippen molar-refractivity contribution in [2.75, 3.05) is 0 Å². The molecule has 2 aromatic rings. The maximum Gasteiger partial charge on any atom is 0.146 e. The summed E-state index contributed by atoms with van der Waals surface area (Å²) in [6.07, 6.45) is 2.52. The van der Waals surface area contributed by atoms with E-state index in [1.807, 2.05) is 72.0 Å². The first-order chi connectivity index (χ1) is 10.2. The first-order valence-corrected chi connectivity index (χ1v) is 7.99. The Morgan fingerprint density at radius 1 is 1.10 bits per heavy atom. The van der Waals surface area contributed by atoms with Gasteiger partial charge in [-0.05, 0) is 25.0 Å². The Hall–Kier alpha value is -1.61. The Balaban J connectivity index is 0. The molecular weight excluding hydrogens is 260 g/mol. The van der Waals surface area contributed by atoms with E-state index in [1.165, 1.54) is 6.92 Å². The number of nitrogens with two attached hydrogens (primary N) is 1. The van der Waals surface area contributed by atoms with Crippen LogP contribution >= 0.6 is 0 Å². The summed E-state index contributed by atoms with van der Waals surface area (Å²) >= 11 is 0. The van der Waals surface area contributed by atoms with Gasteiger partial charge in [-0.25, -0.2) is 0 Å². The monoisotopic (exact) mass is 292 g/mol. The molecule has 1 unspecified atom stereocenters. The van der Waals surface area contributed by atoms with Crippen LogP contribution < -0.4 is 5.73 Å². The predicted molar refractivity (Wildman–Crippen MR) is 94.7 cm³/mol. The number of fused-ring (bicyclic) bond motifs is 1. The molecule has 0 spiro atoms. The normalized spacial score (nSPS) is 10.1. The van der Waals surface area contributed by atoms with Crippen molar-refractivity contribution in [1.29, 1.82) is 0 Å². The number of Topliss-reactive ketones (excluding diaryl/α,β-unsaturated/α-hetero) is 1. The van der Waals surface area contributed by atoms with Gasteiger partial charge in [-0.3, -0.25) is 4.79 Å². The average molecular weight is 292 g/mol. The zero-order valence-electron chi connectivity index (χ0n) is 14.7. The minimum Gasteiger partial charge on any atom is -0.361 e. The van der Waals surface area contributed by atoms with Crippen LogP contribution in [0, 0.1) is 0 Å². The first kappa shape index (κ1) is 21.7. The van der Waals surface area contributed by atoms with Crippen LogP contribution in [0.25, 0.3) is 10.9 Å². The van der Waals surface area contributed by atoms with Gasteiger partial charge in [0.25, 0.3) is 0 Å². The fourth-order valence-electron chi connectivity index (χ4n) is 1.68. The number of aromatic amines is 1. The number of para-hydroxylation sites is 1. The minimum atomic E-state index is -0.399. The molecular formula is C18H32N2O. The molecule has 0 saturated carbocycles. The molecule has 0 aliphatic carbocycles. The first-order valence-electron chi connectivity index (χ1n) is 7.99. The molecule has 1 aromatic heterocycles. The fourth-order valence-corrected chi connectivity index (χ4v) is 1.68. The van der Waals surface area contributed by atoms with Gasteiger partial charge >= 0.3 is 0 Å². The smallest absolute Gasteiger partial charge is 0.146 e. The molecule has 0 aliphatic rings. The molecule has 2 rings (SSSR count). The predicted octanol–water partition coefficient (Wildman–Crippen LogP) is 4.71. The number of carbonyl (C=O) groups excluding carboxylic acids is 1. The third-order valence-electron chi connectivity index (χ3n) is 2.64. The quantitative estimate of drug-likeness (QED) is 0.861. The van der Waals surface area contributed by atoms with Crippen LogP contribution in [0.1, 0.15) is 54.0 Å². The topological polar surface area (TPSA) is 58.9 Å². The number of ketones is 1. The highest BCUT2D eigenvalue weighted by Crippen LogP contribution is 2.18. The third-order valence-corrected chi connectivity index (χ3v) is 2.64. The minimum absolute atomic E-state index is 0.0280. The van der Waals surface area contributed by atoms with Crippen molar-refractivity contribution in [2.24, 2.45) is 5.73 Å². The molecule has 3 N–H and O–H groups in total. The zero-order valence-corrected chi connectivity index (χ0v) is 14.7. The summed E-state index contributed by atoms with van der Waals surface area (Å²) in [5.74, 6) is 0.0280. The van der Waals surface area contributed by atoms with Gasteiger partial charge in [-0.15, -0.1) is 0 Å². The number of carbonyl (C=O) groups is 1. The number of H-pyrrole nitrogens is 1. The molecule has 0 amide bonds. The van der Waals surface area contributed by atoms with Gasteiger partial charge in [-0.2, -0.15) is 0 Å². The zero-order chi connectivity index (χ0) is 16.8. The molecule has 0 radical (unpaired) electrons. The van der Waals surface area contributed by atoms with Crippen LogP contribution in [-0.4, -0.2) is 16.8 Å². The van der Waals surface area contributed by atoms with Crippen molar-refractivity contribution >= 4 is 16.7 Å². The van der Waals surface area contributed by atoms with E-state index < -0.39 is 6.04 Å². The number of benzene rings is 1. The Morgan fingerprint density at radius 2 is 1.62 bits per heavy atom. The highest BCUT2D eigenvalue weighted by atomic mass is 16.1. The highest BCUT2D eigenvalue weighted by molar-refractivity contribution is 5.85. The molecule has 0 aliphatic heterocycles. The molecule has 1 aromatic carbocycles. The SMILES string of the molecule is CC.CC.CC.CC(=O)C(N)Cc1c[nH]c2ccccc12. The van der Waals surface area contributed by atoms with Crippen LogP contribution in [-0.2, 0) is 11.2 Å². The number of hydrogen-bond donors (Lipinski definition) is 2. The summed E-state index contributed by atoms with van der Waals surface area (Å²) in [4.78, 5) is 14.2. The molecule has 0 bridgehead atoms. The van der Waals surface area contributed by atoms with Crippen molar-refractivity contribution in [1.82, 2.24) is 4.98 Å². The van der Waals surface area contributed by atoms with Crippen LogP contribution in [0.3, 0.4) is 0 Å². The summed E-state index contributed by atoms with van der Waals surface area (Å²) in [5.41, 5.74) is 7.93. The molecule has 1 heterocycles. The summed E-state index contributed by atoms with van der Waals surface area (Å²) in [6.45, 7) is 13.5. The van der Waals surface area contributed by atoms with Gasteiger partial charge in [0.15, 0.2) is 0 Å². The van der Waals surface area contributed by atoms with Gasteiger partial charge in [0.1, 0.15) is 5.78 Å². The van der Waals surface area contributed by atoms with Crippen molar-refractivity contribution in [3.8, 4) is 0 Å². The lowest BCUT2D eigenvalue weighted by Crippen LogP contribution is -2.30. The fraction of sp³-hybridized carbons (Fsp3) is 0.500. The Kier molecular flexibility index (Phi) is 13.8. The van der Waals surface area contributed by atoms with Crippen LogP contribution in [0.4, 0.5) is 0 Å². The van der Waals surface area contributed by atoms with Gasteiger partial charge in [-0.1, -0.05) is 59.7 Å². The maximum atomic E-state index is 11.1. The van der Waals surface area contributed by atoms with E-state index in [1.54, 1.807) is 0 Å². The number of rotatable bonds is 3. The van der Waals surface area contributed by atoms with E-state index >= 15 is 0 Å². The molecule has 120 valence electrons. The molecule has 1 atom stereocenters. The number of aromatic nitrogens is 1. The lowest BCUT2D eigenvalue weighted by atomic mass is 10.0. The van der Waals surface area contributed by atoms with Crippen LogP contribution in [0.2, 0.25) is 0 Å². The van der Waals surface area contributed by atoms with Crippen molar-refractivity contribution in [3.63, 3.8) is 0 Å². The summed E-state index contributed by atoms with van der Waals surface area (Å²) in [6, 6.07) is 7.61. The Morgan fingerprint density at radius 3 is 2.14 bits per heavy atom. The second kappa shape index (κ2) is 13.4. The second-order valence-electron chi connectivity index (χ2n) is 3.78.